The predicted octanol–water partition coefficient (Wildman–Crippen LogP) is 4.50. The average molecular weight is 320 g/mol. The third-order valence-electron chi connectivity index (χ3n) is 3.08. The molecule has 0 spiro atoms. The van der Waals surface area contributed by atoms with Crippen molar-refractivity contribution in [3.8, 4) is 0 Å². The second kappa shape index (κ2) is 7.09. The molecule has 0 bridgehead atoms. The quantitative estimate of drug-likeness (QED) is 0.666. The largest absolute Gasteiger partial charge is 0.465 e. The molecular weight excluding hydrogens is 305 g/mol. The van der Waals surface area contributed by atoms with Crippen molar-refractivity contribution >= 4 is 28.8 Å². The van der Waals surface area contributed by atoms with Crippen molar-refractivity contribution in [3.63, 3.8) is 0 Å². The summed E-state index contributed by atoms with van der Waals surface area (Å²) in [6, 6.07) is 13.3. The van der Waals surface area contributed by atoms with Gasteiger partial charge in [-0.15, -0.1) is 0 Å². The second-order valence-corrected chi connectivity index (χ2v) is 5.04. The van der Waals surface area contributed by atoms with Crippen LogP contribution in [0.2, 0.25) is 5.02 Å². The van der Waals surface area contributed by atoms with Gasteiger partial charge in [0.1, 0.15) is 5.82 Å². The van der Waals surface area contributed by atoms with Gasteiger partial charge in [0.25, 0.3) is 0 Å². The Morgan fingerprint density at radius 3 is 2.45 bits per heavy atom. The maximum absolute atomic E-state index is 13.9. The summed E-state index contributed by atoms with van der Waals surface area (Å²) in [7, 11) is 1.31. The van der Waals surface area contributed by atoms with Gasteiger partial charge in [-0.3, -0.25) is 0 Å². The van der Waals surface area contributed by atoms with Crippen LogP contribution in [0.25, 0.3) is 5.57 Å². The molecule has 0 unspecified atom stereocenters. The molecule has 1 N–H and O–H groups in total. The topological polar surface area (TPSA) is 38.3 Å². The minimum Gasteiger partial charge on any atom is -0.465 e. The van der Waals surface area contributed by atoms with E-state index in [1.54, 1.807) is 25.1 Å². The summed E-state index contributed by atoms with van der Waals surface area (Å²) in [5.74, 6) is -0.991. The van der Waals surface area contributed by atoms with Gasteiger partial charge in [0, 0.05) is 10.7 Å². The molecule has 22 heavy (non-hydrogen) atoms. The van der Waals surface area contributed by atoms with E-state index in [-0.39, 0.29) is 5.69 Å². The Bertz CT molecular complexity index is 714. The molecule has 3 nitrogen and oxygen atoms in total. The van der Waals surface area contributed by atoms with E-state index in [2.05, 4.69) is 5.32 Å². The van der Waals surface area contributed by atoms with Crippen molar-refractivity contribution in [2.24, 2.45) is 0 Å². The maximum atomic E-state index is 13.9. The minimum absolute atomic E-state index is 0.235. The molecule has 2 aromatic rings. The summed E-state index contributed by atoms with van der Waals surface area (Å²) in [5.41, 5.74) is 1.75. The summed E-state index contributed by atoms with van der Waals surface area (Å²) >= 11 is 5.73. The molecule has 0 atom stereocenters. The third kappa shape index (κ3) is 3.65. The van der Waals surface area contributed by atoms with Crippen LogP contribution in [0.3, 0.4) is 0 Å². The van der Waals surface area contributed by atoms with Gasteiger partial charge in [0.15, 0.2) is 0 Å². The molecule has 5 heteroatoms. The van der Waals surface area contributed by atoms with Gasteiger partial charge in [-0.05, 0) is 30.7 Å². The lowest BCUT2D eigenvalue weighted by Gasteiger charge is -2.13. The third-order valence-corrected chi connectivity index (χ3v) is 3.32. The summed E-state index contributed by atoms with van der Waals surface area (Å²) in [6.45, 7) is 1.69. The van der Waals surface area contributed by atoms with Crippen LogP contribution in [0.4, 0.5) is 10.1 Å². The lowest BCUT2D eigenvalue weighted by Crippen LogP contribution is -2.10. The number of halogens is 2. The van der Waals surface area contributed by atoms with Crippen LogP contribution in [0.5, 0.6) is 0 Å². The molecule has 0 heterocycles. The highest BCUT2D eigenvalue weighted by atomic mass is 35.5. The van der Waals surface area contributed by atoms with E-state index in [1.807, 2.05) is 18.2 Å². The first-order chi connectivity index (χ1) is 10.5. The van der Waals surface area contributed by atoms with E-state index in [4.69, 9.17) is 16.3 Å². The summed E-state index contributed by atoms with van der Waals surface area (Å²) in [5, 5.41) is 3.20. The molecule has 0 saturated heterocycles. The first-order valence-corrected chi connectivity index (χ1v) is 6.97. The van der Waals surface area contributed by atoms with Gasteiger partial charge in [-0.1, -0.05) is 41.9 Å². The van der Waals surface area contributed by atoms with Crippen LogP contribution in [-0.2, 0) is 9.53 Å². The lowest BCUT2D eigenvalue weighted by atomic mass is 10.0. The molecule has 2 rings (SSSR count). The van der Waals surface area contributed by atoms with Gasteiger partial charge in [-0.2, -0.15) is 0 Å². The van der Waals surface area contributed by atoms with Crippen LogP contribution in [0, 0.1) is 5.82 Å². The zero-order valence-corrected chi connectivity index (χ0v) is 12.9. The van der Waals surface area contributed by atoms with Crippen molar-refractivity contribution in [3.05, 3.63) is 70.6 Å². The highest BCUT2D eigenvalue weighted by Crippen LogP contribution is 2.24. The Balaban J connectivity index is 2.44. The number of esters is 1. The summed E-state index contributed by atoms with van der Waals surface area (Å²) in [6.07, 6.45) is 0. The fourth-order valence-electron chi connectivity index (χ4n) is 2.05. The standard InChI is InChI=1S/C17H15ClFNO2/c1-11(20-15-9-8-13(18)10-14(15)19)16(17(21)22-2)12-6-4-3-5-7-12/h3-10,20H,1-2H3. The number of carbonyl (C=O) groups excluding carboxylic acids is 1. The molecule has 0 radical (unpaired) electrons. The van der Waals surface area contributed by atoms with Crippen molar-refractivity contribution in [1.82, 2.24) is 0 Å². The maximum Gasteiger partial charge on any atom is 0.340 e. The molecule has 0 fully saturated rings. The van der Waals surface area contributed by atoms with Crippen LogP contribution < -0.4 is 5.32 Å². The van der Waals surface area contributed by atoms with E-state index in [1.165, 1.54) is 19.2 Å². The minimum atomic E-state index is -0.496. The van der Waals surface area contributed by atoms with Gasteiger partial charge in [-0.25, -0.2) is 9.18 Å². The molecule has 0 saturated carbocycles. The number of nitrogens with one attached hydrogen (secondary N) is 1. The first-order valence-electron chi connectivity index (χ1n) is 6.59. The fraction of sp³-hybridized carbons (Fsp3) is 0.118. The normalized spacial score (nSPS) is 11.6. The number of methoxy groups -OCH3 is 1. The van der Waals surface area contributed by atoms with Gasteiger partial charge in [0.2, 0.25) is 0 Å². The Morgan fingerprint density at radius 1 is 1.18 bits per heavy atom. The van der Waals surface area contributed by atoms with E-state index < -0.39 is 11.8 Å². The highest BCUT2D eigenvalue weighted by molar-refractivity contribution is 6.30. The van der Waals surface area contributed by atoms with Crippen LogP contribution >= 0.6 is 11.6 Å². The molecule has 0 aliphatic heterocycles. The molecular formula is C17H15ClFNO2. The zero-order chi connectivity index (χ0) is 16.1. The number of anilines is 1. The Morgan fingerprint density at radius 2 is 1.86 bits per heavy atom. The first kappa shape index (κ1) is 16.0. The van der Waals surface area contributed by atoms with Crippen molar-refractivity contribution in [1.29, 1.82) is 0 Å². The Hall–Kier alpha value is -2.33. The van der Waals surface area contributed by atoms with Crippen LogP contribution in [0.1, 0.15) is 12.5 Å². The van der Waals surface area contributed by atoms with Gasteiger partial charge in [0.05, 0.1) is 18.4 Å². The average Bonchev–Trinajstić information content (AvgIpc) is 2.51. The molecule has 0 amide bonds. The molecule has 0 aliphatic rings. The molecule has 2 aromatic carbocycles. The number of allylic oxidation sites excluding steroid dienone is 1. The van der Waals surface area contributed by atoms with E-state index in [0.717, 1.165) is 0 Å². The number of ether oxygens (including phenoxy) is 1. The van der Waals surface area contributed by atoms with Crippen molar-refractivity contribution < 1.29 is 13.9 Å². The van der Waals surface area contributed by atoms with Crippen LogP contribution in [-0.4, -0.2) is 13.1 Å². The number of hydrogen-bond acceptors (Lipinski definition) is 3. The summed E-state index contributed by atoms with van der Waals surface area (Å²) < 4.78 is 18.7. The predicted molar refractivity (Wildman–Crippen MR) is 86.1 cm³/mol. The number of benzene rings is 2. The Labute approximate surface area is 133 Å². The number of carbonyl (C=O) groups is 1. The molecule has 0 aromatic heterocycles. The van der Waals surface area contributed by atoms with E-state index >= 15 is 0 Å². The number of rotatable bonds is 4. The van der Waals surface area contributed by atoms with Crippen molar-refractivity contribution in [2.45, 2.75) is 6.92 Å². The van der Waals surface area contributed by atoms with Crippen LogP contribution in [0.15, 0.2) is 54.2 Å². The van der Waals surface area contributed by atoms with E-state index in [9.17, 15) is 9.18 Å². The van der Waals surface area contributed by atoms with Gasteiger partial charge < -0.3 is 10.1 Å². The monoisotopic (exact) mass is 319 g/mol. The SMILES string of the molecule is COC(=O)C(=C(C)Nc1ccc(Cl)cc1F)c1ccccc1. The van der Waals surface area contributed by atoms with Gasteiger partial charge >= 0.3 is 5.97 Å². The molecule has 0 aliphatic carbocycles. The Kier molecular flexibility index (Phi) is 5.17. The van der Waals surface area contributed by atoms with Crippen molar-refractivity contribution in [2.75, 3.05) is 12.4 Å². The summed E-state index contributed by atoms with van der Waals surface area (Å²) in [4.78, 5) is 12.0. The smallest absolute Gasteiger partial charge is 0.340 e. The second-order valence-electron chi connectivity index (χ2n) is 4.61. The fourth-order valence-corrected chi connectivity index (χ4v) is 2.21. The van der Waals surface area contributed by atoms with E-state index in [0.29, 0.717) is 21.9 Å². The number of hydrogen-bond donors (Lipinski definition) is 1. The lowest BCUT2D eigenvalue weighted by molar-refractivity contribution is -0.133. The molecule has 114 valence electrons. The highest BCUT2D eigenvalue weighted by Gasteiger charge is 2.16. The zero-order valence-electron chi connectivity index (χ0n) is 12.2.